The van der Waals surface area contributed by atoms with E-state index in [4.69, 9.17) is 4.99 Å². The molecule has 0 N–H and O–H groups in total. The number of hydrogen-bond donors (Lipinski definition) is 0. The van der Waals surface area contributed by atoms with Gasteiger partial charge in [0.2, 0.25) is 0 Å². The Hall–Kier alpha value is -3.47. The molecule has 2 aromatic heterocycles. The van der Waals surface area contributed by atoms with Crippen LogP contribution in [0.3, 0.4) is 0 Å². The van der Waals surface area contributed by atoms with Crippen LogP contribution in [0.4, 0.5) is 11.5 Å². The van der Waals surface area contributed by atoms with E-state index in [0.29, 0.717) is 0 Å². The van der Waals surface area contributed by atoms with Crippen molar-refractivity contribution in [2.45, 2.75) is 27.2 Å². The van der Waals surface area contributed by atoms with E-state index in [1.165, 1.54) is 16.7 Å². The first kappa shape index (κ1) is 21.8. The summed E-state index contributed by atoms with van der Waals surface area (Å²) < 4.78 is 0. The Balaban J connectivity index is 1.36. The summed E-state index contributed by atoms with van der Waals surface area (Å²) in [5, 5.41) is 0. The summed E-state index contributed by atoms with van der Waals surface area (Å²) in [6.45, 7) is 14.2. The zero-order valence-electron chi connectivity index (χ0n) is 19.3. The molecule has 5 nitrogen and oxygen atoms in total. The summed E-state index contributed by atoms with van der Waals surface area (Å²) in [5.41, 5.74) is 8.02. The Kier molecular flexibility index (Phi) is 6.64. The van der Waals surface area contributed by atoms with Crippen LogP contribution < -0.4 is 4.90 Å². The second-order valence-electron chi connectivity index (χ2n) is 8.49. The minimum absolute atomic E-state index is 0.760. The molecule has 1 aliphatic rings. The summed E-state index contributed by atoms with van der Waals surface area (Å²) in [4.78, 5) is 18.3. The van der Waals surface area contributed by atoms with Crippen molar-refractivity contribution in [1.82, 2.24) is 14.9 Å². The van der Waals surface area contributed by atoms with Gasteiger partial charge >= 0.3 is 0 Å². The average Bonchev–Trinajstić information content (AvgIpc) is 2.80. The van der Waals surface area contributed by atoms with Crippen molar-refractivity contribution >= 4 is 17.2 Å². The maximum absolute atomic E-state index is 4.73. The third-order valence-corrected chi connectivity index (χ3v) is 5.87. The van der Waals surface area contributed by atoms with E-state index >= 15 is 0 Å². The number of pyridine rings is 2. The summed E-state index contributed by atoms with van der Waals surface area (Å²) in [6.07, 6.45) is 4.60. The first-order valence-corrected chi connectivity index (χ1v) is 11.2. The molecule has 0 amide bonds. The Morgan fingerprint density at radius 1 is 0.938 bits per heavy atom. The number of hydrogen-bond acceptors (Lipinski definition) is 5. The van der Waals surface area contributed by atoms with Gasteiger partial charge in [-0.2, -0.15) is 0 Å². The lowest BCUT2D eigenvalue weighted by atomic mass is 10.0. The molecule has 1 aliphatic heterocycles. The highest BCUT2D eigenvalue weighted by Gasteiger charge is 2.16. The maximum atomic E-state index is 4.73. The van der Waals surface area contributed by atoms with E-state index in [-0.39, 0.29) is 0 Å². The van der Waals surface area contributed by atoms with Crippen molar-refractivity contribution in [3.05, 3.63) is 84.5 Å². The van der Waals surface area contributed by atoms with Crippen molar-refractivity contribution in [2.75, 3.05) is 31.1 Å². The number of rotatable bonds is 6. The fraction of sp³-hybridized carbons (Fsp3) is 0.296. The number of aliphatic imine (C=N–C) groups is 1. The third kappa shape index (κ3) is 5.41. The highest BCUT2D eigenvalue weighted by atomic mass is 15.3. The van der Waals surface area contributed by atoms with E-state index in [1.807, 2.05) is 31.5 Å². The Bertz CT molecular complexity index is 1090. The van der Waals surface area contributed by atoms with E-state index in [0.717, 1.165) is 61.2 Å². The van der Waals surface area contributed by atoms with Crippen molar-refractivity contribution in [2.24, 2.45) is 4.99 Å². The molecule has 0 atom stereocenters. The third-order valence-electron chi connectivity index (χ3n) is 5.87. The Morgan fingerprint density at radius 3 is 2.31 bits per heavy atom. The molecule has 0 radical (unpaired) electrons. The van der Waals surface area contributed by atoms with Crippen LogP contribution >= 0.6 is 0 Å². The average molecular weight is 426 g/mol. The normalized spacial score (nSPS) is 14.5. The summed E-state index contributed by atoms with van der Waals surface area (Å²) >= 11 is 0. The number of allylic oxidation sites excluding steroid dienone is 1. The van der Waals surface area contributed by atoms with Crippen LogP contribution in [-0.2, 0) is 6.42 Å². The quantitative estimate of drug-likeness (QED) is 0.493. The first-order valence-electron chi connectivity index (χ1n) is 11.2. The Labute approximate surface area is 191 Å². The van der Waals surface area contributed by atoms with Crippen molar-refractivity contribution in [3.8, 4) is 11.1 Å². The highest BCUT2D eigenvalue weighted by Crippen LogP contribution is 2.22. The van der Waals surface area contributed by atoms with Crippen LogP contribution in [0, 0.1) is 6.92 Å². The smallest absolute Gasteiger partial charge is 0.151 e. The SMILES string of the molecule is C=C(C)N1CCN(c2ccc(N=C(C)Cc3ccc(-c4ccnc(C)c4)cc3)nc2)CC1. The molecule has 32 heavy (non-hydrogen) atoms. The second-order valence-corrected chi connectivity index (χ2v) is 8.49. The number of aromatic nitrogens is 2. The number of aryl methyl sites for hydroxylation is 1. The largest absolute Gasteiger partial charge is 0.372 e. The Morgan fingerprint density at radius 2 is 1.69 bits per heavy atom. The van der Waals surface area contributed by atoms with Crippen LogP contribution in [0.25, 0.3) is 11.1 Å². The predicted octanol–water partition coefficient (Wildman–Crippen LogP) is 5.44. The van der Waals surface area contributed by atoms with Crippen LogP contribution in [-0.4, -0.2) is 46.8 Å². The van der Waals surface area contributed by atoms with Crippen molar-refractivity contribution < 1.29 is 0 Å². The van der Waals surface area contributed by atoms with Crippen LogP contribution in [0.2, 0.25) is 0 Å². The molecule has 4 rings (SSSR count). The highest BCUT2D eigenvalue weighted by molar-refractivity contribution is 5.86. The molecule has 0 unspecified atom stereocenters. The number of piperazine rings is 1. The molecule has 0 bridgehead atoms. The standard InChI is InChI=1S/C27H31N5/c1-20(2)31-13-15-32(16-14-31)26-9-10-27(29-19-26)30-22(4)17-23-5-7-24(8-6-23)25-11-12-28-21(3)18-25/h5-12,18-19H,1,13-17H2,2-4H3. The van der Waals surface area contributed by atoms with Gasteiger partial charge in [0.25, 0.3) is 0 Å². The zero-order valence-corrected chi connectivity index (χ0v) is 19.3. The van der Waals surface area contributed by atoms with E-state index < -0.39 is 0 Å². The van der Waals surface area contributed by atoms with Gasteiger partial charge in [-0.25, -0.2) is 9.98 Å². The van der Waals surface area contributed by atoms with Gasteiger partial charge in [0.15, 0.2) is 5.82 Å². The van der Waals surface area contributed by atoms with Crippen LogP contribution in [0.15, 0.2) is 78.2 Å². The molecular formula is C27H31N5. The van der Waals surface area contributed by atoms with E-state index in [1.54, 1.807) is 0 Å². The predicted molar refractivity (Wildman–Crippen MR) is 134 cm³/mol. The fourth-order valence-electron chi connectivity index (χ4n) is 4.05. The molecule has 0 spiro atoms. The minimum Gasteiger partial charge on any atom is -0.372 e. The lowest BCUT2D eigenvalue weighted by Gasteiger charge is -2.37. The molecule has 3 aromatic rings. The van der Waals surface area contributed by atoms with Gasteiger partial charge < -0.3 is 9.80 Å². The number of anilines is 1. The molecule has 1 aromatic carbocycles. The molecular weight excluding hydrogens is 394 g/mol. The van der Waals surface area contributed by atoms with Crippen LogP contribution in [0.5, 0.6) is 0 Å². The van der Waals surface area contributed by atoms with E-state index in [9.17, 15) is 0 Å². The maximum Gasteiger partial charge on any atom is 0.151 e. The molecule has 0 aliphatic carbocycles. The lowest BCUT2D eigenvalue weighted by molar-refractivity contribution is 0.323. The summed E-state index contributed by atoms with van der Waals surface area (Å²) in [5.74, 6) is 0.760. The van der Waals surface area contributed by atoms with Crippen molar-refractivity contribution in [1.29, 1.82) is 0 Å². The molecule has 0 saturated carbocycles. The van der Waals surface area contributed by atoms with Crippen molar-refractivity contribution in [3.63, 3.8) is 0 Å². The molecule has 3 heterocycles. The number of nitrogens with zero attached hydrogens (tertiary/aromatic N) is 5. The van der Waals surface area contributed by atoms with Gasteiger partial charge in [0.1, 0.15) is 0 Å². The monoisotopic (exact) mass is 425 g/mol. The topological polar surface area (TPSA) is 44.6 Å². The van der Waals surface area contributed by atoms with Gasteiger partial charge in [0.05, 0.1) is 11.9 Å². The summed E-state index contributed by atoms with van der Waals surface area (Å²) in [6, 6.07) is 17.0. The molecule has 1 fully saturated rings. The zero-order chi connectivity index (χ0) is 22.5. The van der Waals surface area contributed by atoms with Gasteiger partial charge in [0, 0.05) is 55.9 Å². The fourth-order valence-corrected chi connectivity index (χ4v) is 4.05. The summed E-state index contributed by atoms with van der Waals surface area (Å²) in [7, 11) is 0. The minimum atomic E-state index is 0.760. The van der Waals surface area contributed by atoms with Gasteiger partial charge in [-0.05, 0) is 61.7 Å². The van der Waals surface area contributed by atoms with Crippen LogP contribution in [0.1, 0.15) is 25.1 Å². The van der Waals surface area contributed by atoms with Gasteiger partial charge in [-0.3, -0.25) is 4.98 Å². The van der Waals surface area contributed by atoms with Gasteiger partial charge in [-0.1, -0.05) is 30.8 Å². The molecule has 5 heteroatoms. The first-order chi connectivity index (χ1) is 15.5. The molecule has 164 valence electrons. The molecule has 1 saturated heterocycles. The van der Waals surface area contributed by atoms with E-state index in [2.05, 4.69) is 76.6 Å². The number of benzene rings is 1. The lowest BCUT2D eigenvalue weighted by Crippen LogP contribution is -2.45. The van der Waals surface area contributed by atoms with Gasteiger partial charge in [-0.15, -0.1) is 0 Å². The second kappa shape index (κ2) is 9.77.